The number of pyridine rings is 1. The Bertz CT molecular complexity index is 982. The number of rotatable bonds is 11. The number of anilines is 1. The van der Waals surface area contributed by atoms with E-state index in [1.54, 1.807) is 7.11 Å². The summed E-state index contributed by atoms with van der Waals surface area (Å²) in [5.74, 6) is 0.858. The number of hydrogen-bond acceptors (Lipinski definition) is 5. The van der Waals surface area contributed by atoms with Gasteiger partial charge in [0.1, 0.15) is 5.75 Å². The van der Waals surface area contributed by atoms with Gasteiger partial charge in [0.2, 0.25) is 0 Å². The molecular formula is C27H39Cl3N4O. The van der Waals surface area contributed by atoms with E-state index in [-0.39, 0.29) is 37.2 Å². The number of ether oxygens (including phenoxy) is 1. The molecule has 1 aliphatic rings. The lowest BCUT2D eigenvalue weighted by Crippen LogP contribution is -2.32. The van der Waals surface area contributed by atoms with Crippen molar-refractivity contribution in [1.82, 2.24) is 15.2 Å². The monoisotopic (exact) mass is 540 g/mol. The molecule has 0 saturated carbocycles. The number of nitrogens with zero attached hydrogens (tertiary/aromatic N) is 2. The number of methoxy groups -OCH3 is 1. The Morgan fingerprint density at radius 2 is 1.57 bits per heavy atom. The summed E-state index contributed by atoms with van der Waals surface area (Å²) in [6.07, 6.45) is 6.51. The molecule has 0 bridgehead atoms. The summed E-state index contributed by atoms with van der Waals surface area (Å²) in [4.78, 5) is 7.49. The molecule has 2 aromatic carbocycles. The highest BCUT2D eigenvalue weighted by Gasteiger charge is 2.09. The maximum absolute atomic E-state index is 5.29. The van der Waals surface area contributed by atoms with E-state index in [9.17, 15) is 0 Å². The van der Waals surface area contributed by atoms with Crippen molar-refractivity contribution in [1.29, 1.82) is 0 Å². The normalized spacial score (nSPS) is 13.3. The molecule has 0 amide bonds. The number of benzene rings is 2. The van der Waals surface area contributed by atoms with Gasteiger partial charge in [0.05, 0.1) is 18.3 Å². The van der Waals surface area contributed by atoms with Crippen LogP contribution in [0.15, 0.2) is 54.6 Å². The van der Waals surface area contributed by atoms with Gasteiger partial charge in [0, 0.05) is 23.2 Å². The van der Waals surface area contributed by atoms with E-state index >= 15 is 0 Å². The van der Waals surface area contributed by atoms with Crippen molar-refractivity contribution in [2.45, 2.75) is 32.1 Å². The van der Waals surface area contributed by atoms with E-state index in [4.69, 9.17) is 9.72 Å². The quantitative estimate of drug-likeness (QED) is 0.273. The van der Waals surface area contributed by atoms with Gasteiger partial charge in [-0.1, -0.05) is 24.6 Å². The summed E-state index contributed by atoms with van der Waals surface area (Å²) >= 11 is 0. The molecule has 0 aliphatic carbocycles. The van der Waals surface area contributed by atoms with Crippen LogP contribution >= 0.6 is 37.2 Å². The van der Waals surface area contributed by atoms with Crippen LogP contribution in [0.2, 0.25) is 0 Å². The zero-order chi connectivity index (χ0) is 22.0. The molecule has 35 heavy (non-hydrogen) atoms. The lowest BCUT2D eigenvalue weighted by Gasteiger charge is -2.26. The molecule has 2 heterocycles. The van der Waals surface area contributed by atoms with Crippen LogP contribution < -0.4 is 15.4 Å². The number of halogens is 3. The molecule has 1 fully saturated rings. The average molecular weight is 542 g/mol. The molecule has 2 N–H and O–H groups in total. The summed E-state index contributed by atoms with van der Waals surface area (Å²) in [5.41, 5.74) is 4.23. The SMILES string of the molecule is COc1ccc(-c2cc(NCCCNCCCN3CCCCC3)c3ccccc3n2)cc1.Cl.Cl.Cl. The van der Waals surface area contributed by atoms with E-state index in [0.717, 1.165) is 54.3 Å². The lowest BCUT2D eigenvalue weighted by atomic mass is 10.1. The second kappa shape index (κ2) is 16.8. The minimum atomic E-state index is 0. The molecule has 5 nitrogen and oxygen atoms in total. The smallest absolute Gasteiger partial charge is 0.118 e. The molecule has 4 rings (SSSR count). The molecule has 0 unspecified atom stereocenters. The van der Waals surface area contributed by atoms with Crippen molar-refractivity contribution < 1.29 is 4.74 Å². The summed E-state index contributed by atoms with van der Waals surface area (Å²) in [6.45, 7) is 6.92. The van der Waals surface area contributed by atoms with Crippen LogP contribution in [-0.2, 0) is 0 Å². The minimum Gasteiger partial charge on any atom is -0.497 e. The second-order valence-electron chi connectivity index (χ2n) is 8.59. The molecule has 3 aromatic rings. The third-order valence-corrected chi connectivity index (χ3v) is 6.22. The first-order valence-corrected chi connectivity index (χ1v) is 12.0. The zero-order valence-corrected chi connectivity index (χ0v) is 23.0. The molecule has 0 atom stereocenters. The van der Waals surface area contributed by atoms with Gasteiger partial charge in [-0.05, 0) is 94.8 Å². The Morgan fingerprint density at radius 3 is 2.31 bits per heavy atom. The summed E-state index contributed by atoms with van der Waals surface area (Å²) in [5, 5.41) is 8.42. The molecule has 0 spiro atoms. The summed E-state index contributed by atoms with van der Waals surface area (Å²) in [6, 6.07) is 18.6. The second-order valence-corrected chi connectivity index (χ2v) is 8.59. The summed E-state index contributed by atoms with van der Waals surface area (Å²) < 4.78 is 5.29. The molecule has 0 radical (unpaired) electrons. The van der Waals surface area contributed by atoms with Gasteiger partial charge in [0.25, 0.3) is 0 Å². The van der Waals surface area contributed by atoms with Crippen molar-refractivity contribution in [3.63, 3.8) is 0 Å². The van der Waals surface area contributed by atoms with E-state index in [1.165, 1.54) is 50.7 Å². The maximum atomic E-state index is 5.29. The van der Waals surface area contributed by atoms with Crippen LogP contribution in [0.25, 0.3) is 22.2 Å². The molecule has 8 heteroatoms. The van der Waals surface area contributed by atoms with Crippen LogP contribution in [-0.4, -0.2) is 56.3 Å². The van der Waals surface area contributed by atoms with E-state index < -0.39 is 0 Å². The predicted molar refractivity (Wildman–Crippen MR) is 156 cm³/mol. The van der Waals surface area contributed by atoms with Gasteiger partial charge < -0.3 is 20.3 Å². The molecule has 194 valence electrons. The van der Waals surface area contributed by atoms with Crippen molar-refractivity contribution in [3.05, 3.63) is 54.6 Å². The fourth-order valence-electron chi connectivity index (χ4n) is 4.40. The van der Waals surface area contributed by atoms with Crippen LogP contribution in [0.3, 0.4) is 0 Å². The topological polar surface area (TPSA) is 49.4 Å². The summed E-state index contributed by atoms with van der Waals surface area (Å²) in [7, 11) is 1.69. The number of para-hydroxylation sites is 1. The maximum Gasteiger partial charge on any atom is 0.118 e. The van der Waals surface area contributed by atoms with Gasteiger partial charge in [-0.15, -0.1) is 37.2 Å². The third kappa shape index (κ3) is 9.32. The van der Waals surface area contributed by atoms with E-state index in [1.807, 2.05) is 18.2 Å². The zero-order valence-electron chi connectivity index (χ0n) is 20.5. The first-order chi connectivity index (χ1) is 15.8. The van der Waals surface area contributed by atoms with Crippen LogP contribution in [0.1, 0.15) is 32.1 Å². The highest BCUT2D eigenvalue weighted by Crippen LogP contribution is 2.29. The van der Waals surface area contributed by atoms with Crippen LogP contribution in [0.5, 0.6) is 5.75 Å². The fraction of sp³-hybridized carbons (Fsp3) is 0.444. The number of hydrogen-bond donors (Lipinski definition) is 2. The Balaban J connectivity index is 0.00000204. The number of piperidine rings is 1. The Hall–Kier alpha value is -1.76. The highest BCUT2D eigenvalue weighted by atomic mass is 35.5. The number of likely N-dealkylation sites (tertiary alicyclic amines) is 1. The molecular weight excluding hydrogens is 503 g/mol. The molecule has 1 aliphatic heterocycles. The van der Waals surface area contributed by atoms with Crippen LogP contribution in [0, 0.1) is 0 Å². The van der Waals surface area contributed by atoms with E-state index in [2.05, 4.69) is 51.9 Å². The number of fused-ring (bicyclic) bond motifs is 1. The first kappa shape index (κ1) is 31.3. The van der Waals surface area contributed by atoms with Crippen molar-refractivity contribution in [2.75, 3.05) is 51.7 Å². The van der Waals surface area contributed by atoms with Gasteiger partial charge >= 0.3 is 0 Å². The first-order valence-electron chi connectivity index (χ1n) is 12.0. The number of nitrogens with one attached hydrogen (secondary N) is 2. The Kier molecular flexibility index (Phi) is 15.0. The van der Waals surface area contributed by atoms with Crippen LogP contribution in [0.4, 0.5) is 5.69 Å². The van der Waals surface area contributed by atoms with Gasteiger partial charge in [-0.3, -0.25) is 0 Å². The van der Waals surface area contributed by atoms with Crippen molar-refractivity contribution in [2.24, 2.45) is 0 Å². The molecule has 1 aromatic heterocycles. The number of aromatic nitrogens is 1. The molecule has 1 saturated heterocycles. The highest BCUT2D eigenvalue weighted by molar-refractivity contribution is 5.93. The third-order valence-electron chi connectivity index (χ3n) is 6.22. The Labute approximate surface area is 228 Å². The van der Waals surface area contributed by atoms with Gasteiger partial charge in [-0.2, -0.15) is 0 Å². The predicted octanol–water partition coefficient (Wildman–Crippen LogP) is 6.44. The standard InChI is InChI=1S/C27H36N4O.3ClH/c1-32-23-13-11-22(12-14-23)26-21-27(24-9-3-4-10-25(24)30-26)29-17-7-15-28-16-8-20-31-18-5-2-6-19-31;;;/h3-4,9-14,21,28H,2,5-8,15-20H2,1H3,(H,29,30);3*1H. The van der Waals surface area contributed by atoms with Crippen molar-refractivity contribution in [3.8, 4) is 17.0 Å². The lowest BCUT2D eigenvalue weighted by molar-refractivity contribution is 0.226. The largest absolute Gasteiger partial charge is 0.497 e. The van der Waals surface area contributed by atoms with E-state index in [0.29, 0.717) is 0 Å². The van der Waals surface area contributed by atoms with Gasteiger partial charge in [-0.25, -0.2) is 4.98 Å². The Morgan fingerprint density at radius 1 is 0.857 bits per heavy atom. The van der Waals surface area contributed by atoms with Crippen molar-refractivity contribution >= 4 is 53.8 Å². The average Bonchev–Trinajstić information content (AvgIpc) is 2.86. The fourth-order valence-corrected chi connectivity index (χ4v) is 4.40. The van der Waals surface area contributed by atoms with Gasteiger partial charge in [0.15, 0.2) is 0 Å². The minimum absolute atomic E-state index is 0.